The lowest BCUT2D eigenvalue weighted by Crippen LogP contribution is -2.48. The van der Waals surface area contributed by atoms with E-state index in [1.165, 1.54) is 14.2 Å². The molecule has 0 aliphatic heterocycles. The summed E-state index contributed by atoms with van der Waals surface area (Å²) >= 11 is 0. The van der Waals surface area contributed by atoms with Gasteiger partial charge in [-0.1, -0.05) is 0 Å². The fourth-order valence-corrected chi connectivity index (χ4v) is 1.83. The zero-order valence-corrected chi connectivity index (χ0v) is 10.1. The van der Waals surface area contributed by atoms with Gasteiger partial charge < -0.3 is 19.9 Å². The number of hydrogen-bond donors (Lipinski definition) is 2. The van der Waals surface area contributed by atoms with E-state index in [1.54, 1.807) is 6.07 Å². The van der Waals surface area contributed by atoms with Crippen LogP contribution in [0.5, 0.6) is 11.8 Å². The number of aromatic nitrogens is 2. The van der Waals surface area contributed by atoms with Crippen LogP contribution < -0.4 is 14.8 Å². The average molecular weight is 239 g/mol. The first-order chi connectivity index (χ1) is 8.21. The lowest BCUT2D eigenvalue weighted by molar-refractivity contribution is 0.143. The molecule has 2 rings (SSSR count). The van der Waals surface area contributed by atoms with Crippen molar-refractivity contribution in [3.8, 4) is 11.8 Å². The van der Waals surface area contributed by atoms with Gasteiger partial charge in [-0.05, 0) is 19.3 Å². The Balaban J connectivity index is 2.19. The van der Waals surface area contributed by atoms with E-state index in [4.69, 9.17) is 9.47 Å². The number of nitrogens with one attached hydrogen (secondary N) is 1. The summed E-state index contributed by atoms with van der Waals surface area (Å²) in [7, 11) is 3.08. The molecule has 0 bridgehead atoms. The SMILES string of the molecule is COc1cc(OC)nc(NC2(CO)CCC2)n1. The summed E-state index contributed by atoms with van der Waals surface area (Å²) < 4.78 is 10.1. The molecule has 0 amide bonds. The standard InChI is InChI=1S/C11H17N3O3/c1-16-8-6-9(17-2)13-10(12-8)14-11(7-15)4-3-5-11/h6,15H,3-5,7H2,1-2H3,(H,12,13,14). The third kappa shape index (κ3) is 2.41. The summed E-state index contributed by atoms with van der Waals surface area (Å²) in [6.07, 6.45) is 2.95. The molecule has 0 radical (unpaired) electrons. The molecule has 0 aromatic carbocycles. The Morgan fingerprint density at radius 3 is 2.24 bits per heavy atom. The molecule has 0 spiro atoms. The Bertz CT molecular complexity index is 366. The highest BCUT2D eigenvalue weighted by Crippen LogP contribution is 2.34. The molecular weight excluding hydrogens is 222 g/mol. The number of anilines is 1. The molecule has 1 aliphatic carbocycles. The van der Waals surface area contributed by atoms with Crippen LogP contribution in [0.4, 0.5) is 5.95 Å². The second kappa shape index (κ2) is 4.75. The summed E-state index contributed by atoms with van der Waals surface area (Å²) in [5.41, 5.74) is -0.280. The molecular formula is C11H17N3O3. The topological polar surface area (TPSA) is 76.5 Å². The second-order valence-corrected chi connectivity index (χ2v) is 4.19. The molecule has 1 aromatic rings. The zero-order chi connectivity index (χ0) is 12.3. The lowest BCUT2D eigenvalue weighted by atomic mass is 9.77. The fraction of sp³-hybridized carbons (Fsp3) is 0.636. The Kier molecular flexibility index (Phi) is 3.33. The van der Waals surface area contributed by atoms with Gasteiger partial charge in [0.15, 0.2) is 0 Å². The van der Waals surface area contributed by atoms with Gasteiger partial charge in [0.25, 0.3) is 0 Å². The predicted octanol–water partition coefficient (Wildman–Crippen LogP) is 0.821. The minimum atomic E-state index is -0.280. The van der Waals surface area contributed by atoms with Crippen LogP contribution in [0.1, 0.15) is 19.3 Å². The fourth-order valence-electron chi connectivity index (χ4n) is 1.83. The van der Waals surface area contributed by atoms with Gasteiger partial charge in [0.1, 0.15) is 0 Å². The highest BCUT2D eigenvalue weighted by Gasteiger charge is 2.37. The van der Waals surface area contributed by atoms with E-state index in [0.29, 0.717) is 17.7 Å². The quantitative estimate of drug-likeness (QED) is 0.792. The third-order valence-corrected chi connectivity index (χ3v) is 3.09. The molecule has 17 heavy (non-hydrogen) atoms. The first-order valence-corrected chi connectivity index (χ1v) is 5.57. The Labute approximate surface area is 100.0 Å². The maximum absolute atomic E-state index is 9.37. The van der Waals surface area contributed by atoms with Crippen LogP contribution >= 0.6 is 0 Å². The van der Waals surface area contributed by atoms with Gasteiger partial charge in [-0.3, -0.25) is 0 Å². The highest BCUT2D eigenvalue weighted by atomic mass is 16.5. The molecule has 0 unspecified atom stereocenters. The summed E-state index contributed by atoms with van der Waals surface area (Å²) in [6, 6.07) is 1.61. The van der Waals surface area contributed by atoms with Crippen LogP contribution in [0.3, 0.4) is 0 Å². The van der Waals surface area contributed by atoms with Crippen LogP contribution in [0, 0.1) is 0 Å². The number of aliphatic hydroxyl groups excluding tert-OH is 1. The van der Waals surface area contributed by atoms with Crippen molar-refractivity contribution in [2.24, 2.45) is 0 Å². The zero-order valence-electron chi connectivity index (χ0n) is 10.1. The van der Waals surface area contributed by atoms with Gasteiger partial charge in [0.05, 0.1) is 32.4 Å². The second-order valence-electron chi connectivity index (χ2n) is 4.19. The number of methoxy groups -OCH3 is 2. The van der Waals surface area contributed by atoms with Crippen molar-refractivity contribution in [2.75, 3.05) is 26.1 Å². The molecule has 1 aromatic heterocycles. The molecule has 2 N–H and O–H groups in total. The molecule has 6 heteroatoms. The van der Waals surface area contributed by atoms with Gasteiger partial charge in [0.2, 0.25) is 17.7 Å². The maximum atomic E-state index is 9.37. The molecule has 1 heterocycles. The number of hydrogen-bond acceptors (Lipinski definition) is 6. The van der Waals surface area contributed by atoms with Crippen molar-refractivity contribution in [2.45, 2.75) is 24.8 Å². The summed E-state index contributed by atoms with van der Waals surface area (Å²) in [4.78, 5) is 8.36. The van der Waals surface area contributed by atoms with Crippen LogP contribution in [0.2, 0.25) is 0 Å². The molecule has 94 valence electrons. The molecule has 1 aliphatic rings. The minimum Gasteiger partial charge on any atom is -0.481 e. The number of ether oxygens (including phenoxy) is 2. The van der Waals surface area contributed by atoms with Gasteiger partial charge in [0, 0.05) is 0 Å². The largest absolute Gasteiger partial charge is 0.481 e. The van der Waals surface area contributed by atoms with E-state index in [9.17, 15) is 5.11 Å². The monoisotopic (exact) mass is 239 g/mol. The van der Waals surface area contributed by atoms with Gasteiger partial charge in [-0.15, -0.1) is 0 Å². The normalized spacial score (nSPS) is 17.1. The number of nitrogens with zero attached hydrogens (tertiary/aromatic N) is 2. The Hall–Kier alpha value is -1.56. The third-order valence-electron chi connectivity index (χ3n) is 3.09. The van der Waals surface area contributed by atoms with Crippen molar-refractivity contribution >= 4 is 5.95 Å². The van der Waals surface area contributed by atoms with Crippen LogP contribution in [0.15, 0.2) is 6.07 Å². The number of rotatable bonds is 5. The number of aliphatic hydroxyl groups is 1. The van der Waals surface area contributed by atoms with Crippen LogP contribution in [-0.2, 0) is 0 Å². The molecule has 6 nitrogen and oxygen atoms in total. The molecule has 0 saturated heterocycles. The molecule has 1 saturated carbocycles. The van der Waals surface area contributed by atoms with Crippen molar-refractivity contribution in [3.05, 3.63) is 6.07 Å². The van der Waals surface area contributed by atoms with Gasteiger partial charge in [-0.2, -0.15) is 9.97 Å². The average Bonchev–Trinajstić information content (AvgIpc) is 2.33. The maximum Gasteiger partial charge on any atom is 0.229 e. The lowest BCUT2D eigenvalue weighted by Gasteiger charge is -2.40. The minimum absolute atomic E-state index is 0.0793. The molecule has 0 atom stereocenters. The van der Waals surface area contributed by atoms with E-state index in [2.05, 4.69) is 15.3 Å². The molecule has 1 fully saturated rings. The predicted molar refractivity (Wildman–Crippen MR) is 62.4 cm³/mol. The summed E-state index contributed by atoms with van der Waals surface area (Å²) in [6.45, 7) is 0.0793. The van der Waals surface area contributed by atoms with E-state index in [0.717, 1.165) is 19.3 Å². The van der Waals surface area contributed by atoms with Gasteiger partial charge >= 0.3 is 0 Å². The highest BCUT2D eigenvalue weighted by molar-refractivity contribution is 5.37. The Morgan fingerprint density at radius 2 is 1.88 bits per heavy atom. The van der Waals surface area contributed by atoms with E-state index in [-0.39, 0.29) is 12.1 Å². The Morgan fingerprint density at radius 1 is 1.29 bits per heavy atom. The first-order valence-electron chi connectivity index (χ1n) is 5.57. The van der Waals surface area contributed by atoms with E-state index < -0.39 is 0 Å². The van der Waals surface area contributed by atoms with E-state index in [1.807, 2.05) is 0 Å². The first kappa shape index (κ1) is 11.9. The van der Waals surface area contributed by atoms with Crippen molar-refractivity contribution < 1.29 is 14.6 Å². The smallest absolute Gasteiger partial charge is 0.229 e. The summed E-state index contributed by atoms with van der Waals surface area (Å²) in [5.74, 6) is 1.30. The van der Waals surface area contributed by atoms with Crippen LogP contribution in [-0.4, -0.2) is 41.4 Å². The van der Waals surface area contributed by atoms with Crippen molar-refractivity contribution in [1.29, 1.82) is 0 Å². The van der Waals surface area contributed by atoms with Crippen molar-refractivity contribution in [1.82, 2.24) is 9.97 Å². The van der Waals surface area contributed by atoms with E-state index >= 15 is 0 Å². The van der Waals surface area contributed by atoms with Crippen LogP contribution in [0.25, 0.3) is 0 Å². The van der Waals surface area contributed by atoms with Gasteiger partial charge in [-0.25, -0.2) is 0 Å². The summed E-state index contributed by atoms with van der Waals surface area (Å²) in [5, 5.41) is 12.5. The van der Waals surface area contributed by atoms with Crippen molar-refractivity contribution in [3.63, 3.8) is 0 Å².